The van der Waals surface area contributed by atoms with Gasteiger partial charge in [0.1, 0.15) is 5.75 Å². The highest BCUT2D eigenvalue weighted by Crippen LogP contribution is 2.30. The average molecular weight is 379 g/mol. The number of carbonyl (C=O) groups is 1. The molecule has 1 aliphatic heterocycles. The third-order valence-electron chi connectivity index (χ3n) is 4.87. The Kier molecular flexibility index (Phi) is 4.76. The van der Waals surface area contributed by atoms with Crippen LogP contribution in [0.3, 0.4) is 0 Å². The quantitative estimate of drug-likeness (QED) is 0.576. The minimum atomic E-state index is -3.73. The fraction of sp³-hybridized carbons (Fsp3) is 0.412. The van der Waals surface area contributed by atoms with Gasteiger partial charge in [-0.15, -0.1) is 0 Å². The zero-order valence-electron chi connectivity index (χ0n) is 14.6. The van der Waals surface area contributed by atoms with Gasteiger partial charge in [0.05, 0.1) is 12.8 Å². The number of amides is 1. The first kappa shape index (κ1) is 18.4. The predicted octanol–water partition coefficient (Wildman–Crippen LogP) is 1.18. The normalized spacial score (nSPS) is 15.8. The van der Waals surface area contributed by atoms with E-state index in [0.717, 1.165) is 35.1 Å². The Balaban J connectivity index is 1.77. The van der Waals surface area contributed by atoms with Gasteiger partial charge in [0, 0.05) is 31.0 Å². The number of hydroxylamine groups is 1. The molecule has 2 aromatic rings. The van der Waals surface area contributed by atoms with Crippen LogP contribution >= 0.6 is 0 Å². The molecule has 0 aliphatic carbocycles. The highest BCUT2D eigenvalue weighted by Gasteiger charge is 2.43. The summed E-state index contributed by atoms with van der Waals surface area (Å²) in [4.78, 5) is 11.9. The van der Waals surface area contributed by atoms with Crippen molar-refractivity contribution in [1.82, 2.24) is 15.3 Å². The number of ether oxygens (including phenoxy) is 1. The van der Waals surface area contributed by atoms with Gasteiger partial charge in [-0.25, -0.2) is 13.9 Å². The first-order chi connectivity index (χ1) is 12.2. The fourth-order valence-corrected chi connectivity index (χ4v) is 3.76. The van der Waals surface area contributed by atoms with E-state index >= 15 is 0 Å². The maximum Gasteiger partial charge on any atom is 0.264 e. The Hall–Kier alpha value is -2.39. The van der Waals surface area contributed by atoms with E-state index in [1.807, 2.05) is 12.1 Å². The van der Waals surface area contributed by atoms with E-state index in [1.54, 1.807) is 17.1 Å². The van der Waals surface area contributed by atoms with Crippen molar-refractivity contribution < 1.29 is 23.2 Å². The van der Waals surface area contributed by atoms with E-state index in [-0.39, 0.29) is 13.0 Å². The SMILES string of the molecule is CC(CCn1cc(-c2ccc3c(c2)CCO3)cn1)(C(=O)NO)S(C)(=O)=O. The smallest absolute Gasteiger partial charge is 0.264 e. The number of benzene rings is 1. The maximum atomic E-state index is 12.0. The van der Waals surface area contributed by atoms with E-state index in [9.17, 15) is 13.2 Å². The zero-order valence-corrected chi connectivity index (χ0v) is 15.4. The monoisotopic (exact) mass is 379 g/mol. The molecule has 1 aliphatic rings. The standard InChI is InChI=1S/C17H21N3O5S/c1-17(16(21)19-22,26(2,23)24)6-7-20-11-14(10-18-20)12-3-4-15-13(9-12)5-8-25-15/h3-4,9-11,22H,5-8H2,1-2H3,(H,19,21). The van der Waals surface area contributed by atoms with Crippen LogP contribution in [0.4, 0.5) is 0 Å². The van der Waals surface area contributed by atoms with Crippen LogP contribution in [-0.2, 0) is 27.6 Å². The van der Waals surface area contributed by atoms with Crippen molar-refractivity contribution in [3.8, 4) is 16.9 Å². The van der Waals surface area contributed by atoms with Crippen LogP contribution in [0, 0.1) is 0 Å². The lowest BCUT2D eigenvalue weighted by atomic mass is 10.0. The Labute approximate surface area is 151 Å². The van der Waals surface area contributed by atoms with Crippen molar-refractivity contribution in [1.29, 1.82) is 0 Å². The summed E-state index contributed by atoms with van der Waals surface area (Å²) in [5, 5.41) is 13.1. The summed E-state index contributed by atoms with van der Waals surface area (Å²) < 4.78 is 29.3. The molecule has 1 aromatic heterocycles. The van der Waals surface area contributed by atoms with Crippen molar-refractivity contribution in [2.24, 2.45) is 0 Å². The molecule has 0 radical (unpaired) electrons. The van der Waals surface area contributed by atoms with Crippen molar-refractivity contribution in [2.45, 2.75) is 31.1 Å². The molecule has 3 rings (SSSR count). The molecule has 8 nitrogen and oxygen atoms in total. The Bertz CT molecular complexity index is 938. The maximum absolute atomic E-state index is 12.0. The molecule has 0 bridgehead atoms. The highest BCUT2D eigenvalue weighted by atomic mass is 32.2. The van der Waals surface area contributed by atoms with Crippen LogP contribution < -0.4 is 10.2 Å². The Morgan fingerprint density at radius 1 is 1.42 bits per heavy atom. The molecule has 1 amide bonds. The van der Waals surface area contributed by atoms with Gasteiger partial charge >= 0.3 is 0 Å². The number of rotatable bonds is 6. The van der Waals surface area contributed by atoms with Gasteiger partial charge < -0.3 is 4.74 Å². The van der Waals surface area contributed by atoms with Crippen molar-refractivity contribution in [3.05, 3.63) is 36.2 Å². The number of carbonyl (C=O) groups excluding carboxylic acids is 1. The van der Waals surface area contributed by atoms with Crippen LogP contribution in [0.15, 0.2) is 30.6 Å². The van der Waals surface area contributed by atoms with E-state index in [0.29, 0.717) is 6.61 Å². The van der Waals surface area contributed by atoms with Crippen molar-refractivity contribution in [3.63, 3.8) is 0 Å². The second-order valence-corrected chi connectivity index (χ2v) is 9.05. The van der Waals surface area contributed by atoms with Crippen LogP contribution in [0.25, 0.3) is 11.1 Å². The van der Waals surface area contributed by atoms with Crippen LogP contribution in [0.2, 0.25) is 0 Å². The molecule has 0 saturated heterocycles. The van der Waals surface area contributed by atoms with Gasteiger partial charge in [0.25, 0.3) is 5.91 Å². The highest BCUT2D eigenvalue weighted by molar-refractivity contribution is 7.92. The topological polar surface area (TPSA) is 111 Å². The molecule has 140 valence electrons. The number of hydrogen-bond acceptors (Lipinski definition) is 6. The number of aryl methyl sites for hydroxylation is 1. The number of sulfone groups is 1. The van der Waals surface area contributed by atoms with Gasteiger partial charge in [0.2, 0.25) is 0 Å². The number of nitrogens with zero attached hydrogens (tertiary/aromatic N) is 2. The minimum absolute atomic E-state index is 0.0165. The van der Waals surface area contributed by atoms with E-state index < -0.39 is 20.5 Å². The fourth-order valence-electron chi connectivity index (χ4n) is 2.91. The van der Waals surface area contributed by atoms with E-state index in [1.165, 1.54) is 12.4 Å². The second-order valence-electron chi connectivity index (χ2n) is 6.61. The molecule has 26 heavy (non-hydrogen) atoms. The number of aromatic nitrogens is 2. The number of nitrogens with one attached hydrogen (secondary N) is 1. The molecule has 9 heteroatoms. The van der Waals surface area contributed by atoms with Gasteiger partial charge in [0.15, 0.2) is 14.6 Å². The van der Waals surface area contributed by atoms with E-state index in [4.69, 9.17) is 9.94 Å². The lowest BCUT2D eigenvalue weighted by Gasteiger charge is -2.24. The third kappa shape index (κ3) is 3.32. The van der Waals surface area contributed by atoms with Crippen molar-refractivity contribution in [2.75, 3.05) is 12.9 Å². The lowest BCUT2D eigenvalue weighted by Crippen LogP contribution is -2.49. The summed E-state index contributed by atoms with van der Waals surface area (Å²) in [5.41, 5.74) is 4.49. The molecule has 2 N–H and O–H groups in total. The lowest BCUT2D eigenvalue weighted by molar-refractivity contribution is -0.131. The van der Waals surface area contributed by atoms with Crippen LogP contribution in [0.5, 0.6) is 5.75 Å². The average Bonchev–Trinajstić information content (AvgIpc) is 3.26. The summed E-state index contributed by atoms with van der Waals surface area (Å²) in [6, 6.07) is 5.94. The number of hydrogen-bond donors (Lipinski definition) is 2. The third-order valence-corrected chi connectivity index (χ3v) is 6.90. The first-order valence-electron chi connectivity index (χ1n) is 8.17. The van der Waals surface area contributed by atoms with Crippen LogP contribution in [-0.4, -0.2) is 46.9 Å². The van der Waals surface area contributed by atoms with Gasteiger partial charge in [-0.2, -0.15) is 5.10 Å². The second kappa shape index (κ2) is 6.73. The summed E-state index contributed by atoms with van der Waals surface area (Å²) >= 11 is 0. The molecule has 0 saturated carbocycles. The zero-order chi connectivity index (χ0) is 18.9. The van der Waals surface area contributed by atoms with E-state index in [2.05, 4.69) is 11.2 Å². The minimum Gasteiger partial charge on any atom is -0.493 e. The largest absolute Gasteiger partial charge is 0.493 e. The molecular formula is C17H21N3O5S. The van der Waals surface area contributed by atoms with Crippen molar-refractivity contribution >= 4 is 15.7 Å². The molecule has 2 heterocycles. The Morgan fingerprint density at radius 3 is 2.88 bits per heavy atom. The number of fused-ring (bicyclic) bond motifs is 1. The summed E-state index contributed by atoms with van der Waals surface area (Å²) in [6.07, 6.45) is 5.33. The molecule has 0 spiro atoms. The van der Waals surface area contributed by atoms with Gasteiger partial charge in [-0.1, -0.05) is 6.07 Å². The molecule has 0 fully saturated rings. The molecule has 1 aromatic carbocycles. The summed E-state index contributed by atoms with van der Waals surface area (Å²) in [6.45, 7) is 2.19. The molecule has 1 unspecified atom stereocenters. The molecular weight excluding hydrogens is 358 g/mol. The first-order valence-corrected chi connectivity index (χ1v) is 10.1. The Morgan fingerprint density at radius 2 is 2.19 bits per heavy atom. The van der Waals surface area contributed by atoms with Crippen LogP contribution in [0.1, 0.15) is 18.9 Å². The van der Waals surface area contributed by atoms with Gasteiger partial charge in [-0.3, -0.25) is 14.7 Å². The van der Waals surface area contributed by atoms with Gasteiger partial charge in [-0.05, 0) is 36.6 Å². The predicted molar refractivity (Wildman–Crippen MR) is 94.7 cm³/mol. The summed E-state index contributed by atoms with van der Waals surface area (Å²) in [5.74, 6) is -0.0499. The molecule has 1 atom stereocenters. The summed E-state index contributed by atoms with van der Waals surface area (Å²) in [7, 11) is -3.73.